The molecule has 0 bridgehead atoms. The lowest BCUT2D eigenvalue weighted by molar-refractivity contribution is -0.117. The van der Waals surface area contributed by atoms with Crippen LogP contribution < -0.4 is 5.32 Å². The van der Waals surface area contributed by atoms with Gasteiger partial charge in [0.05, 0.1) is 12.2 Å². The number of carbonyl (C=O) groups is 1. The second kappa shape index (κ2) is 8.54. The largest absolute Gasteiger partial charge is 0.324 e. The molecule has 0 aromatic heterocycles. The van der Waals surface area contributed by atoms with Gasteiger partial charge >= 0.3 is 0 Å². The number of nitrogens with one attached hydrogen (secondary N) is 1. The SMILES string of the molecule is CSc1ccccc1NC(=O)CN(C)Cc1ccc(C(C)(C)C)cc1. The van der Waals surface area contributed by atoms with E-state index in [0.29, 0.717) is 6.54 Å². The molecule has 2 aromatic rings. The van der Waals surface area contributed by atoms with Crippen molar-refractivity contribution in [1.29, 1.82) is 0 Å². The predicted molar refractivity (Wildman–Crippen MR) is 108 cm³/mol. The molecule has 2 aromatic carbocycles. The summed E-state index contributed by atoms with van der Waals surface area (Å²) in [6.07, 6.45) is 2.01. The quantitative estimate of drug-likeness (QED) is 0.756. The highest BCUT2D eigenvalue weighted by atomic mass is 32.2. The van der Waals surface area contributed by atoms with Gasteiger partial charge in [0.15, 0.2) is 0 Å². The van der Waals surface area contributed by atoms with E-state index >= 15 is 0 Å². The maximum absolute atomic E-state index is 12.3. The molecule has 0 aliphatic rings. The molecule has 0 heterocycles. The molecular weight excluding hydrogens is 328 g/mol. The number of nitrogens with zero attached hydrogens (tertiary/aromatic N) is 1. The molecule has 0 saturated carbocycles. The number of hydrogen-bond acceptors (Lipinski definition) is 3. The summed E-state index contributed by atoms with van der Waals surface area (Å²) in [4.78, 5) is 15.4. The zero-order chi connectivity index (χ0) is 18.4. The van der Waals surface area contributed by atoms with Crippen LogP contribution in [0.5, 0.6) is 0 Å². The topological polar surface area (TPSA) is 32.3 Å². The molecule has 0 fully saturated rings. The van der Waals surface area contributed by atoms with E-state index in [4.69, 9.17) is 0 Å². The van der Waals surface area contributed by atoms with Gasteiger partial charge in [0.2, 0.25) is 5.91 Å². The van der Waals surface area contributed by atoms with Crippen LogP contribution in [0.4, 0.5) is 5.69 Å². The van der Waals surface area contributed by atoms with Crippen LogP contribution in [0, 0.1) is 0 Å². The average molecular weight is 357 g/mol. The molecule has 0 aliphatic carbocycles. The minimum absolute atomic E-state index is 0.00955. The van der Waals surface area contributed by atoms with Crippen molar-refractivity contribution in [2.45, 2.75) is 37.6 Å². The summed E-state index contributed by atoms with van der Waals surface area (Å²) in [6.45, 7) is 7.76. The van der Waals surface area contributed by atoms with Crippen LogP contribution in [0.1, 0.15) is 31.9 Å². The zero-order valence-electron chi connectivity index (χ0n) is 15.8. The zero-order valence-corrected chi connectivity index (χ0v) is 16.6. The van der Waals surface area contributed by atoms with E-state index in [1.165, 1.54) is 11.1 Å². The molecule has 4 heteroatoms. The summed E-state index contributed by atoms with van der Waals surface area (Å²) < 4.78 is 0. The van der Waals surface area contributed by atoms with Crippen LogP contribution in [0.2, 0.25) is 0 Å². The van der Waals surface area contributed by atoms with Crippen LogP contribution in [0.3, 0.4) is 0 Å². The number of hydrogen-bond donors (Lipinski definition) is 1. The highest BCUT2D eigenvalue weighted by Crippen LogP contribution is 2.24. The van der Waals surface area contributed by atoms with Crippen LogP contribution in [-0.4, -0.2) is 30.7 Å². The Morgan fingerprint density at radius 1 is 1.08 bits per heavy atom. The first kappa shape index (κ1) is 19.5. The highest BCUT2D eigenvalue weighted by molar-refractivity contribution is 7.98. The van der Waals surface area contributed by atoms with Gasteiger partial charge < -0.3 is 5.32 Å². The summed E-state index contributed by atoms with van der Waals surface area (Å²) in [5.41, 5.74) is 3.58. The first-order valence-electron chi connectivity index (χ1n) is 8.50. The fraction of sp³-hybridized carbons (Fsp3) is 0.381. The number of anilines is 1. The Morgan fingerprint density at radius 2 is 1.72 bits per heavy atom. The predicted octanol–water partition coefficient (Wildman–Crippen LogP) is 4.78. The number of rotatable bonds is 6. The lowest BCUT2D eigenvalue weighted by Crippen LogP contribution is -2.30. The highest BCUT2D eigenvalue weighted by Gasteiger charge is 2.14. The fourth-order valence-corrected chi connectivity index (χ4v) is 3.21. The van der Waals surface area contributed by atoms with Crippen molar-refractivity contribution < 1.29 is 4.79 Å². The smallest absolute Gasteiger partial charge is 0.238 e. The minimum Gasteiger partial charge on any atom is -0.324 e. The number of para-hydroxylation sites is 1. The van der Waals surface area contributed by atoms with Crippen LogP contribution >= 0.6 is 11.8 Å². The molecule has 0 saturated heterocycles. The van der Waals surface area contributed by atoms with Gasteiger partial charge in [-0.15, -0.1) is 11.8 Å². The lowest BCUT2D eigenvalue weighted by atomic mass is 9.87. The molecule has 3 nitrogen and oxygen atoms in total. The number of amides is 1. The first-order valence-corrected chi connectivity index (χ1v) is 9.73. The molecule has 1 amide bonds. The van der Waals surface area contributed by atoms with E-state index in [1.54, 1.807) is 11.8 Å². The van der Waals surface area contributed by atoms with Gasteiger partial charge in [-0.2, -0.15) is 0 Å². The van der Waals surface area contributed by atoms with Gasteiger partial charge in [0.1, 0.15) is 0 Å². The average Bonchev–Trinajstić information content (AvgIpc) is 2.54. The first-order chi connectivity index (χ1) is 11.8. The van der Waals surface area contributed by atoms with E-state index < -0.39 is 0 Å². The van der Waals surface area contributed by atoms with E-state index in [9.17, 15) is 4.79 Å². The number of carbonyl (C=O) groups excluding carboxylic acids is 1. The van der Waals surface area contributed by atoms with Crippen molar-refractivity contribution in [3.05, 3.63) is 59.7 Å². The van der Waals surface area contributed by atoms with Gasteiger partial charge in [-0.05, 0) is 42.0 Å². The molecule has 0 spiro atoms. The standard InChI is InChI=1S/C21H28N2OS/c1-21(2,3)17-12-10-16(11-13-17)14-23(4)15-20(24)22-18-8-6-7-9-19(18)25-5/h6-13H,14-15H2,1-5H3,(H,22,24). The van der Waals surface area contributed by atoms with Gasteiger partial charge in [0.25, 0.3) is 0 Å². The maximum Gasteiger partial charge on any atom is 0.238 e. The van der Waals surface area contributed by atoms with Gasteiger partial charge in [-0.1, -0.05) is 57.2 Å². The van der Waals surface area contributed by atoms with Crippen LogP contribution in [0.25, 0.3) is 0 Å². The lowest BCUT2D eigenvalue weighted by Gasteiger charge is -2.20. The molecule has 0 aliphatic heterocycles. The van der Waals surface area contributed by atoms with Crippen molar-refractivity contribution in [3.63, 3.8) is 0 Å². The van der Waals surface area contributed by atoms with Crippen molar-refractivity contribution in [3.8, 4) is 0 Å². The third kappa shape index (κ3) is 5.91. The van der Waals surface area contributed by atoms with E-state index in [1.807, 2.05) is 42.5 Å². The van der Waals surface area contributed by atoms with Gasteiger partial charge in [-0.25, -0.2) is 0 Å². The third-order valence-electron chi connectivity index (χ3n) is 4.07. The Kier molecular flexibility index (Phi) is 6.68. The molecule has 0 atom stereocenters. The monoisotopic (exact) mass is 356 g/mol. The second-order valence-electron chi connectivity index (χ2n) is 7.37. The number of benzene rings is 2. The van der Waals surface area contributed by atoms with Gasteiger partial charge in [0, 0.05) is 11.4 Å². The molecule has 0 unspecified atom stereocenters. The van der Waals surface area contributed by atoms with Crippen molar-refractivity contribution in [1.82, 2.24) is 4.90 Å². The molecule has 2 rings (SSSR count). The Labute approximate surface area is 155 Å². The number of thioether (sulfide) groups is 1. The van der Waals surface area contributed by atoms with Crippen LogP contribution in [0.15, 0.2) is 53.4 Å². The van der Waals surface area contributed by atoms with E-state index in [2.05, 4.69) is 50.4 Å². The minimum atomic E-state index is 0.00955. The Hall–Kier alpha value is -1.78. The van der Waals surface area contributed by atoms with E-state index in [-0.39, 0.29) is 11.3 Å². The Bertz CT molecular complexity index is 705. The summed E-state index contributed by atoms with van der Waals surface area (Å²) in [5, 5.41) is 3.01. The molecule has 134 valence electrons. The maximum atomic E-state index is 12.3. The normalized spacial score (nSPS) is 11.6. The van der Waals surface area contributed by atoms with Gasteiger partial charge in [-0.3, -0.25) is 9.69 Å². The summed E-state index contributed by atoms with van der Waals surface area (Å²) in [7, 11) is 1.97. The molecule has 0 radical (unpaired) electrons. The molecule has 1 N–H and O–H groups in total. The Balaban J connectivity index is 1.91. The van der Waals surface area contributed by atoms with Crippen LogP contribution in [-0.2, 0) is 16.8 Å². The van der Waals surface area contributed by atoms with Crippen molar-refractivity contribution in [2.24, 2.45) is 0 Å². The molecular formula is C21H28N2OS. The summed E-state index contributed by atoms with van der Waals surface area (Å²) in [6, 6.07) is 16.5. The third-order valence-corrected chi connectivity index (χ3v) is 4.86. The summed E-state index contributed by atoms with van der Waals surface area (Å²) >= 11 is 1.63. The molecule has 25 heavy (non-hydrogen) atoms. The summed E-state index contributed by atoms with van der Waals surface area (Å²) in [5.74, 6) is 0.00955. The second-order valence-corrected chi connectivity index (χ2v) is 8.22. The fourth-order valence-electron chi connectivity index (χ4n) is 2.66. The van der Waals surface area contributed by atoms with Crippen molar-refractivity contribution in [2.75, 3.05) is 25.2 Å². The Morgan fingerprint density at radius 3 is 2.32 bits per heavy atom. The van der Waals surface area contributed by atoms with E-state index in [0.717, 1.165) is 17.1 Å². The van der Waals surface area contributed by atoms with Crippen molar-refractivity contribution >= 4 is 23.4 Å². The number of likely N-dealkylation sites (N-methyl/N-ethyl adjacent to an activating group) is 1.